The van der Waals surface area contributed by atoms with E-state index in [0.29, 0.717) is 28.5 Å². The summed E-state index contributed by atoms with van der Waals surface area (Å²) in [5.41, 5.74) is 1.91. The minimum absolute atomic E-state index is 0.112. The molecule has 1 amide bonds. The minimum atomic E-state index is -0.432. The molecule has 0 atom stereocenters. The molecule has 0 aliphatic carbocycles. The van der Waals surface area contributed by atoms with E-state index in [4.69, 9.17) is 16.3 Å². The quantitative estimate of drug-likeness (QED) is 0.496. The lowest BCUT2D eigenvalue weighted by Crippen LogP contribution is -2.23. The normalized spacial score (nSPS) is 10.9. The monoisotopic (exact) mass is 423 g/mol. The number of benzene rings is 2. The Morgan fingerprint density at radius 2 is 1.87 bits per heavy atom. The minimum Gasteiger partial charge on any atom is -0.484 e. The summed E-state index contributed by atoms with van der Waals surface area (Å²) < 4.78 is 6.62. The third kappa shape index (κ3) is 4.33. The molecule has 152 valence electrons. The van der Waals surface area contributed by atoms with E-state index in [0.717, 1.165) is 5.56 Å². The third-order valence-electron chi connectivity index (χ3n) is 4.46. The lowest BCUT2D eigenvalue weighted by Gasteiger charge is -2.05. The molecule has 0 bridgehead atoms. The van der Waals surface area contributed by atoms with E-state index >= 15 is 0 Å². The van der Waals surface area contributed by atoms with Gasteiger partial charge in [0.2, 0.25) is 5.95 Å². The lowest BCUT2D eigenvalue weighted by molar-refractivity contribution is -0.118. The molecule has 0 fully saturated rings. The largest absolute Gasteiger partial charge is 0.484 e. The highest BCUT2D eigenvalue weighted by atomic mass is 35.5. The van der Waals surface area contributed by atoms with E-state index in [2.05, 4.69) is 20.4 Å². The molecule has 0 spiro atoms. The maximum atomic E-state index is 12.9. The van der Waals surface area contributed by atoms with Gasteiger partial charge in [-0.05, 0) is 36.8 Å². The summed E-state index contributed by atoms with van der Waals surface area (Å²) in [5.74, 6) is 0.375. The average Bonchev–Trinajstić information content (AvgIpc) is 3.14. The summed E-state index contributed by atoms with van der Waals surface area (Å²) in [4.78, 5) is 33.6. The van der Waals surface area contributed by atoms with Crippen molar-refractivity contribution in [1.29, 1.82) is 0 Å². The van der Waals surface area contributed by atoms with Crippen molar-refractivity contribution < 1.29 is 9.53 Å². The fourth-order valence-corrected chi connectivity index (χ4v) is 3.09. The maximum Gasteiger partial charge on any atom is 0.277 e. The van der Waals surface area contributed by atoms with Crippen LogP contribution in [-0.2, 0) is 11.2 Å². The number of anilines is 1. The first-order valence-corrected chi connectivity index (χ1v) is 9.58. The Morgan fingerprint density at radius 1 is 1.13 bits per heavy atom. The number of amides is 1. The second kappa shape index (κ2) is 8.38. The highest BCUT2D eigenvalue weighted by Gasteiger charge is 2.15. The van der Waals surface area contributed by atoms with Crippen LogP contribution in [0.3, 0.4) is 0 Å². The summed E-state index contributed by atoms with van der Waals surface area (Å²) in [6.45, 7) is 1.55. The summed E-state index contributed by atoms with van der Waals surface area (Å²) in [6, 6.07) is 16.3. The van der Waals surface area contributed by atoms with Gasteiger partial charge in [0, 0.05) is 17.0 Å². The third-order valence-corrected chi connectivity index (χ3v) is 4.71. The second-order valence-corrected chi connectivity index (χ2v) is 7.08. The number of carbonyl (C=O) groups excluding carboxylic acids is 1. The molecule has 2 aromatic carbocycles. The zero-order valence-electron chi connectivity index (χ0n) is 16.1. The van der Waals surface area contributed by atoms with Crippen LogP contribution in [0.1, 0.15) is 16.8 Å². The number of aryl methyl sites for hydroxylation is 1. The number of hydrogen-bond acceptors (Lipinski definition) is 5. The summed E-state index contributed by atoms with van der Waals surface area (Å²) in [7, 11) is 0. The Morgan fingerprint density at radius 3 is 2.60 bits per heavy atom. The van der Waals surface area contributed by atoms with Crippen molar-refractivity contribution in [3.8, 4) is 5.75 Å². The zero-order chi connectivity index (χ0) is 21.1. The Balaban J connectivity index is 1.50. The number of aromatic nitrogens is 4. The molecule has 8 nitrogen and oxygen atoms in total. The van der Waals surface area contributed by atoms with Crippen LogP contribution in [-0.4, -0.2) is 32.1 Å². The predicted molar refractivity (Wildman–Crippen MR) is 113 cm³/mol. The first-order chi connectivity index (χ1) is 14.5. The van der Waals surface area contributed by atoms with Crippen molar-refractivity contribution in [1.82, 2.24) is 19.6 Å². The highest BCUT2D eigenvalue weighted by Crippen LogP contribution is 2.15. The number of carbonyl (C=O) groups is 1. The Labute approximate surface area is 176 Å². The van der Waals surface area contributed by atoms with Crippen molar-refractivity contribution >= 4 is 29.2 Å². The van der Waals surface area contributed by atoms with Gasteiger partial charge in [0.05, 0.1) is 5.69 Å². The van der Waals surface area contributed by atoms with Crippen LogP contribution < -0.4 is 15.6 Å². The topological polar surface area (TPSA) is 101 Å². The van der Waals surface area contributed by atoms with Gasteiger partial charge in [-0.15, -0.1) is 0 Å². The number of hydrogen-bond donors (Lipinski definition) is 2. The van der Waals surface area contributed by atoms with Crippen molar-refractivity contribution in [2.45, 2.75) is 13.3 Å². The van der Waals surface area contributed by atoms with Crippen LogP contribution in [0.5, 0.6) is 5.75 Å². The average molecular weight is 424 g/mol. The number of H-pyrrole nitrogens is 1. The molecule has 9 heteroatoms. The van der Waals surface area contributed by atoms with Gasteiger partial charge in [0.15, 0.2) is 6.61 Å². The van der Waals surface area contributed by atoms with Gasteiger partial charge in [-0.2, -0.15) is 9.50 Å². The first-order valence-electron chi connectivity index (χ1n) is 9.20. The van der Waals surface area contributed by atoms with Crippen LogP contribution in [0.25, 0.3) is 5.78 Å². The van der Waals surface area contributed by atoms with Crippen molar-refractivity contribution in [2.75, 3.05) is 11.9 Å². The van der Waals surface area contributed by atoms with Gasteiger partial charge in [-0.25, -0.2) is 4.98 Å². The molecular weight excluding hydrogens is 406 g/mol. The van der Waals surface area contributed by atoms with E-state index in [1.165, 1.54) is 4.52 Å². The Hall–Kier alpha value is -3.65. The molecule has 0 unspecified atom stereocenters. The summed E-state index contributed by atoms with van der Waals surface area (Å²) in [6.07, 6.45) is 0.455. The fraction of sp³-hybridized carbons (Fsp3) is 0.143. The lowest BCUT2D eigenvalue weighted by atomic mass is 10.1. The number of aromatic amines is 1. The van der Waals surface area contributed by atoms with E-state index < -0.39 is 5.91 Å². The SMILES string of the molecule is Cc1nc2nc(NC(=O)COc3ccc(Cl)cc3)[nH]n2c(=O)c1Cc1ccccc1. The Kier molecular flexibility index (Phi) is 5.49. The fourth-order valence-electron chi connectivity index (χ4n) is 2.96. The zero-order valence-corrected chi connectivity index (χ0v) is 16.8. The van der Waals surface area contributed by atoms with Gasteiger partial charge < -0.3 is 4.74 Å². The molecular formula is C21H18ClN5O3. The molecule has 0 aliphatic rings. The van der Waals surface area contributed by atoms with E-state index in [-0.39, 0.29) is 23.9 Å². The number of nitrogens with one attached hydrogen (secondary N) is 2. The van der Waals surface area contributed by atoms with Crippen LogP contribution >= 0.6 is 11.6 Å². The van der Waals surface area contributed by atoms with Crippen molar-refractivity contribution in [3.63, 3.8) is 0 Å². The van der Waals surface area contributed by atoms with Crippen molar-refractivity contribution in [3.05, 3.63) is 86.8 Å². The van der Waals surface area contributed by atoms with Crippen molar-refractivity contribution in [2.24, 2.45) is 0 Å². The Bertz CT molecular complexity index is 1250. The smallest absolute Gasteiger partial charge is 0.277 e. The van der Waals surface area contributed by atoms with Crippen LogP contribution in [0, 0.1) is 6.92 Å². The number of rotatable bonds is 6. The molecule has 2 aromatic heterocycles. The molecule has 4 aromatic rings. The molecule has 2 heterocycles. The molecule has 4 rings (SSSR count). The number of nitrogens with zero attached hydrogens (tertiary/aromatic N) is 3. The van der Waals surface area contributed by atoms with E-state index in [1.807, 2.05) is 30.3 Å². The van der Waals surface area contributed by atoms with Gasteiger partial charge in [0.1, 0.15) is 5.75 Å². The molecule has 0 saturated heterocycles. The van der Waals surface area contributed by atoms with Gasteiger partial charge >= 0.3 is 0 Å². The highest BCUT2D eigenvalue weighted by molar-refractivity contribution is 6.30. The second-order valence-electron chi connectivity index (χ2n) is 6.64. The number of fused-ring (bicyclic) bond motifs is 1. The molecule has 0 saturated carbocycles. The molecule has 30 heavy (non-hydrogen) atoms. The molecule has 2 N–H and O–H groups in total. The summed E-state index contributed by atoms with van der Waals surface area (Å²) in [5, 5.41) is 5.93. The van der Waals surface area contributed by atoms with Crippen LogP contribution in [0.15, 0.2) is 59.4 Å². The predicted octanol–water partition coefficient (Wildman–Crippen LogP) is 2.99. The van der Waals surface area contributed by atoms with E-state index in [9.17, 15) is 9.59 Å². The van der Waals surface area contributed by atoms with Crippen LogP contribution in [0.2, 0.25) is 5.02 Å². The van der Waals surface area contributed by atoms with Gasteiger partial charge in [-0.1, -0.05) is 41.9 Å². The molecule has 0 radical (unpaired) electrons. The summed E-state index contributed by atoms with van der Waals surface area (Å²) >= 11 is 5.82. The number of halogens is 1. The van der Waals surface area contributed by atoms with E-state index in [1.54, 1.807) is 31.2 Å². The van der Waals surface area contributed by atoms with Crippen LogP contribution in [0.4, 0.5) is 5.95 Å². The molecule has 0 aliphatic heterocycles. The standard InChI is InChI=1S/C21H18ClN5O3/c1-13-17(11-14-5-3-2-4-6-14)19(29)27-21(23-13)25-20(26-27)24-18(28)12-30-16-9-7-15(22)8-10-16/h2-10H,11-12H2,1H3,(H2,23,24,25,26,28). The first kappa shape index (κ1) is 19.7. The number of ether oxygens (including phenoxy) is 1. The van der Waals surface area contributed by atoms with Gasteiger partial charge in [0.25, 0.3) is 17.2 Å². The maximum absolute atomic E-state index is 12.9. The van der Waals surface area contributed by atoms with Gasteiger partial charge in [-0.3, -0.25) is 20.0 Å².